The number of rotatable bonds is 14. The molecule has 4 N–H and O–H groups in total. The minimum absolute atomic E-state index is 0.141. The van der Waals surface area contributed by atoms with E-state index in [9.17, 15) is 16.8 Å². The Hall–Kier alpha value is -7.25. The van der Waals surface area contributed by atoms with E-state index in [1.165, 1.54) is 21.3 Å². The van der Waals surface area contributed by atoms with Crippen LogP contribution >= 0.6 is 0 Å². The van der Waals surface area contributed by atoms with Gasteiger partial charge in [0.25, 0.3) is 20.0 Å². The number of benzene rings is 4. The van der Waals surface area contributed by atoms with Crippen molar-refractivity contribution in [1.29, 1.82) is 0 Å². The highest BCUT2D eigenvalue weighted by Crippen LogP contribution is 2.35. The number of anilines is 4. The van der Waals surface area contributed by atoms with E-state index in [1.54, 1.807) is 79.4 Å². The van der Waals surface area contributed by atoms with Crippen LogP contribution in [0.3, 0.4) is 0 Å². The molecule has 0 fully saturated rings. The Morgan fingerprint density at radius 3 is 1.49 bits per heavy atom. The number of sulfonamides is 2. The zero-order valence-corrected chi connectivity index (χ0v) is 36.3. The number of imidazole rings is 2. The maximum absolute atomic E-state index is 14.4. The van der Waals surface area contributed by atoms with E-state index in [2.05, 4.69) is 29.9 Å². The van der Waals surface area contributed by atoms with Gasteiger partial charge in [-0.3, -0.25) is 13.6 Å². The van der Waals surface area contributed by atoms with Crippen molar-refractivity contribution in [2.75, 3.05) is 33.2 Å². The molecule has 0 bridgehead atoms. The molecule has 9 rings (SSSR count). The Morgan fingerprint density at radius 2 is 1.00 bits per heavy atom. The molecular formula is C44H43N13O4S2. The first-order valence-corrected chi connectivity index (χ1v) is 23.0. The molecule has 5 aromatic heterocycles. The first-order valence-electron chi connectivity index (χ1n) is 20.1. The molecule has 17 nitrogen and oxygen atoms in total. The Kier molecular flexibility index (Phi) is 10.6. The van der Waals surface area contributed by atoms with Crippen LogP contribution in [0.25, 0.3) is 44.0 Å². The molecule has 0 unspecified atom stereocenters. The van der Waals surface area contributed by atoms with Gasteiger partial charge in [0.2, 0.25) is 0 Å². The summed E-state index contributed by atoms with van der Waals surface area (Å²) in [6.45, 7) is 6.81. The van der Waals surface area contributed by atoms with Crippen molar-refractivity contribution >= 4 is 87.1 Å². The lowest BCUT2D eigenvalue weighted by atomic mass is 10.0. The van der Waals surface area contributed by atoms with E-state index in [4.69, 9.17) is 16.5 Å². The number of nitrogens with two attached hydrogens (primary N) is 2. The minimum Gasteiger partial charge on any atom is -0.382 e. The van der Waals surface area contributed by atoms with Crippen LogP contribution in [0.2, 0.25) is 0 Å². The second-order valence-corrected chi connectivity index (χ2v) is 19.1. The summed E-state index contributed by atoms with van der Waals surface area (Å²) in [5.74, 6) is 0.544. The number of fused-ring (bicyclic) bond motifs is 5. The Morgan fingerprint density at radius 1 is 0.540 bits per heavy atom. The summed E-state index contributed by atoms with van der Waals surface area (Å²) < 4.78 is 64.2. The zero-order valence-electron chi connectivity index (χ0n) is 34.7. The fourth-order valence-corrected chi connectivity index (χ4v) is 10.8. The average molecular weight is 882 g/mol. The Balaban J connectivity index is 1.06. The summed E-state index contributed by atoms with van der Waals surface area (Å²) >= 11 is 0. The normalized spacial score (nSPS) is 12.2. The summed E-state index contributed by atoms with van der Waals surface area (Å²) in [7, 11) is -8.03. The second-order valence-electron chi connectivity index (χ2n) is 15.4. The zero-order chi connectivity index (χ0) is 44.0. The van der Waals surface area contributed by atoms with Crippen molar-refractivity contribution in [3.05, 3.63) is 127 Å². The summed E-state index contributed by atoms with van der Waals surface area (Å²) in [6.07, 6.45) is 6.87. The van der Waals surface area contributed by atoms with Crippen LogP contribution < -0.4 is 20.1 Å². The fraction of sp³-hybridized carbons (Fsp3) is 0.205. The predicted octanol–water partition coefficient (Wildman–Crippen LogP) is 6.33. The number of aromatic nitrogens is 9. The lowest BCUT2D eigenvalue weighted by Gasteiger charge is -2.26. The molecule has 9 aromatic rings. The van der Waals surface area contributed by atoms with Gasteiger partial charge in [-0.25, -0.2) is 46.7 Å². The highest BCUT2D eigenvalue weighted by molar-refractivity contribution is 7.93. The van der Waals surface area contributed by atoms with Gasteiger partial charge in [0, 0.05) is 42.6 Å². The molecule has 19 heteroatoms. The molecule has 4 aromatic carbocycles. The van der Waals surface area contributed by atoms with Gasteiger partial charge in [0.05, 0.1) is 39.3 Å². The van der Waals surface area contributed by atoms with Crippen LogP contribution in [-0.2, 0) is 33.1 Å². The SMILES string of the molecule is Cc1ccc(S(=O)(=O)N(CCCn2cnc3c(N)ncnc32)c2ccc3c(c2)nc(C)c2cc(N(CCCn4cnc5c(N)ncnc54)S(=O)(=O)c4ccc(C)cc4)ccc23)cc1. The van der Waals surface area contributed by atoms with Gasteiger partial charge in [0.1, 0.15) is 23.7 Å². The smallest absolute Gasteiger partial charge is 0.264 e. The van der Waals surface area contributed by atoms with Crippen LogP contribution in [0, 0.1) is 20.8 Å². The predicted molar refractivity (Wildman–Crippen MR) is 244 cm³/mol. The molecule has 63 heavy (non-hydrogen) atoms. The first-order chi connectivity index (χ1) is 30.3. The number of hydrogen-bond donors (Lipinski definition) is 2. The summed E-state index contributed by atoms with van der Waals surface area (Å²) in [5, 5.41) is 2.37. The molecule has 0 aliphatic carbocycles. The van der Waals surface area contributed by atoms with E-state index in [1.807, 2.05) is 48.1 Å². The number of nitrogen functional groups attached to an aromatic ring is 2. The van der Waals surface area contributed by atoms with E-state index in [-0.39, 0.29) is 34.5 Å². The minimum atomic E-state index is -4.02. The van der Waals surface area contributed by atoms with Gasteiger partial charge >= 0.3 is 0 Å². The van der Waals surface area contributed by atoms with Crippen LogP contribution in [0.15, 0.2) is 120 Å². The van der Waals surface area contributed by atoms with Gasteiger partial charge < -0.3 is 20.6 Å². The lowest BCUT2D eigenvalue weighted by molar-refractivity contribution is 0.582. The Labute approximate surface area is 363 Å². The molecule has 0 radical (unpaired) electrons. The van der Waals surface area contributed by atoms with Crippen molar-refractivity contribution in [3.63, 3.8) is 0 Å². The molecule has 0 atom stereocenters. The number of aryl methyl sites for hydroxylation is 5. The molecule has 0 saturated heterocycles. The van der Waals surface area contributed by atoms with Gasteiger partial charge in [-0.2, -0.15) is 0 Å². The molecule has 0 aliphatic rings. The second kappa shape index (κ2) is 16.2. The van der Waals surface area contributed by atoms with Crippen molar-refractivity contribution in [2.45, 2.75) is 56.5 Å². The molecule has 320 valence electrons. The maximum Gasteiger partial charge on any atom is 0.264 e. The molecular weight excluding hydrogens is 839 g/mol. The summed E-state index contributed by atoms with van der Waals surface area (Å²) in [6, 6.07) is 24.6. The van der Waals surface area contributed by atoms with Gasteiger partial charge in [-0.1, -0.05) is 47.5 Å². The lowest BCUT2D eigenvalue weighted by Crippen LogP contribution is -2.32. The van der Waals surface area contributed by atoms with Crippen LogP contribution in [0.5, 0.6) is 0 Å². The van der Waals surface area contributed by atoms with Crippen molar-refractivity contribution < 1.29 is 16.8 Å². The molecule has 0 spiro atoms. The van der Waals surface area contributed by atoms with E-state index >= 15 is 0 Å². The third-order valence-electron chi connectivity index (χ3n) is 11.1. The van der Waals surface area contributed by atoms with Crippen LogP contribution in [0.4, 0.5) is 23.0 Å². The third kappa shape index (κ3) is 7.69. The topological polar surface area (TPSA) is 227 Å². The third-order valence-corrected chi connectivity index (χ3v) is 14.8. The molecule has 0 aliphatic heterocycles. The van der Waals surface area contributed by atoms with E-state index < -0.39 is 20.0 Å². The van der Waals surface area contributed by atoms with Gasteiger partial charge in [-0.15, -0.1) is 0 Å². The standard InChI is InChI=1S/C44H43N13O4S2/c1-28-6-12-33(13-7-28)62(58,59)56(20-4-18-54-26-51-39-41(45)47-24-49-43(39)54)31-10-16-35-36-17-11-32(23-38(36)53-30(3)37(35)22-31)57(63(60,61)34-14-8-29(2)9-15-34)21-5-19-55-27-52-40-42(46)48-25-50-44(40)55/h6-17,22-27H,4-5,18-21H2,1-3H3,(H2,45,47,49)(H2,46,48,50). The van der Waals surface area contributed by atoms with Crippen LogP contribution in [-0.4, -0.2) is 73.9 Å². The largest absolute Gasteiger partial charge is 0.382 e. The number of nitrogens with zero attached hydrogens (tertiary/aromatic N) is 11. The van der Waals surface area contributed by atoms with Gasteiger partial charge in [0.15, 0.2) is 22.9 Å². The highest BCUT2D eigenvalue weighted by atomic mass is 32.2. The monoisotopic (exact) mass is 881 g/mol. The summed E-state index contributed by atoms with van der Waals surface area (Å²) in [4.78, 5) is 30.7. The van der Waals surface area contributed by atoms with E-state index in [0.717, 1.165) is 27.3 Å². The molecule has 0 amide bonds. The average Bonchev–Trinajstić information content (AvgIpc) is 3.89. The fourth-order valence-electron chi connectivity index (χ4n) is 7.80. The summed E-state index contributed by atoms with van der Waals surface area (Å²) in [5.41, 5.74) is 18.2. The highest BCUT2D eigenvalue weighted by Gasteiger charge is 2.28. The Bertz CT molecular complexity index is 3410. The van der Waals surface area contributed by atoms with Gasteiger partial charge in [-0.05, 0) is 87.5 Å². The quantitative estimate of drug-likeness (QED) is 0.114. The van der Waals surface area contributed by atoms with Crippen molar-refractivity contribution in [2.24, 2.45) is 0 Å². The van der Waals surface area contributed by atoms with E-state index in [0.29, 0.717) is 70.8 Å². The number of hydrogen-bond acceptors (Lipinski definition) is 13. The molecule has 0 saturated carbocycles. The number of pyridine rings is 1. The van der Waals surface area contributed by atoms with Crippen molar-refractivity contribution in [3.8, 4) is 0 Å². The molecule has 5 heterocycles. The first kappa shape index (κ1) is 41.1. The van der Waals surface area contributed by atoms with Crippen LogP contribution in [0.1, 0.15) is 29.7 Å². The maximum atomic E-state index is 14.4. The van der Waals surface area contributed by atoms with Crippen molar-refractivity contribution in [1.82, 2.24) is 44.0 Å².